The first-order valence-corrected chi connectivity index (χ1v) is 6.50. The molecule has 0 spiro atoms. The second-order valence-electron chi connectivity index (χ2n) is 4.99. The van der Waals surface area contributed by atoms with Crippen molar-refractivity contribution < 1.29 is 9.26 Å². The predicted molar refractivity (Wildman–Crippen MR) is 74.4 cm³/mol. The molecule has 0 aliphatic rings. The normalized spacial score (nSPS) is 11.0. The Labute approximate surface area is 120 Å². The van der Waals surface area contributed by atoms with Crippen molar-refractivity contribution in [3.05, 3.63) is 24.5 Å². The second kappa shape index (κ2) is 5.25. The van der Waals surface area contributed by atoms with Crippen LogP contribution in [0.15, 0.2) is 23.2 Å². The molecule has 0 bridgehead atoms. The number of ether oxygens (including phenoxy) is 1. The standard InChI is InChI=1S/C14H13N5O2/c1-8(2)6-20-14-12-10(4-16-13(12)17-7-18-14)9-5-19-21-11(9)3-15/h4-5,7-8H,6H2,1-2H3,(H,16,17,18). The maximum Gasteiger partial charge on any atom is 0.243 e. The second-order valence-corrected chi connectivity index (χ2v) is 4.99. The Morgan fingerprint density at radius 1 is 1.38 bits per heavy atom. The van der Waals surface area contributed by atoms with Crippen LogP contribution >= 0.6 is 0 Å². The number of nitrogens with zero attached hydrogens (tertiary/aromatic N) is 4. The van der Waals surface area contributed by atoms with Crippen molar-refractivity contribution in [2.75, 3.05) is 6.61 Å². The molecule has 7 nitrogen and oxygen atoms in total. The smallest absolute Gasteiger partial charge is 0.243 e. The van der Waals surface area contributed by atoms with Gasteiger partial charge in [0, 0.05) is 11.8 Å². The van der Waals surface area contributed by atoms with E-state index >= 15 is 0 Å². The summed E-state index contributed by atoms with van der Waals surface area (Å²) in [6.45, 7) is 4.67. The molecular weight excluding hydrogens is 270 g/mol. The lowest BCUT2D eigenvalue weighted by Crippen LogP contribution is -2.06. The summed E-state index contributed by atoms with van der Waals surface area (Å²) in [5.74, 6) is 1.01. The molecule has 0 saturated heterocycles. The zero-order valence-electron chi connectivity index (χ0n) is 11.6. The fourth-order valence-corrected chi connectivity index (χ4v) is 2.01. The van der Waals surface area contributed by atoms with Gasteiger partial charge in [0.15, 0.2) is 0 Å². The van der Waals surface area contributed by atoms with Crippen LogP contribution in [0.5, 0.6) is 5.88 Å². The number of hydrogen-bond acceptors (Lipinski definition) is 6. The largest absolute Gasteiger partial charge is 0.477 e. The van der Waals surface area contributed by atoms with Crippen molar-refractivity contribution in [2.24, 2.45) is 5.92 Å². The molecule has 0 unspecified atom stereocenters. The lowest BCUT2D eigenvalue weighted by Gasteiger charge is -2.08. The van der Waals surface area contributed by atoms with Gasteiger partial charge in [0.1, 0.15) is 18.0 Å². The first-order valence-electron chi connectivity index (χ1n) is 6.50. The first-order chi connectivity index (χ1) is 10.2. The minimum atomic E-state index is 0.148. The summed E-state index contributed by atoms with van der Waals surface area (Å²) in [4.78, 5) is 11.4. The molecule has 3 rings (SSSR count). The molecular formula is C14H13N5O2. The maximum absolute atomic E-state index is 9.07. The molecule has 3 aromatic rings. The van der Waals surface area contributed by atoms with E-state index < -0.39 is 0 Å². The van der Waals surface area contributed by atoms with E-state index in [1.54, 1.807) is 6.20 Å². The number of aromatic nitrogens is 4. The van der Waals surface area contributed by atoms with Gasteiger partial charge in [-0.25, -0.2) is 9.97 Å². The highest BCUT2D eigenvalue weighted by molar-refractivity contribution is 5.97. The van der Waals surface area contributed by atoms with Crippen LogP contribution in [0.25, 0.3) is 22.2 Å². The molecule has 0 aliphatic carbocycles. The molecule has 1 N–H and O–H groups in total. The summed E-state index contributed by atoms with van der Waals surface area (Å²) in [5, 5.41) is 13.5. The summed E-state index contributed by atoms with van der Waals surface area (Å²) in [6.07, 6.45) is 4.69. The lowest BCUT2D eigenvalue weighted by molar-refractivity contribution is 0.264. The molecule has 3 aromatic heterocycles. The van der Waals surface area contributed by atoms with Gasteiger partial charge in [0.2, 0.25) is 11.6 Å². The van der Waals surface area contributed by atoms with Crippen molar-refractivity contribution in [3.63, 3.8) is 0 Å². The highest BCUT2D eigenvalue weighted by Crippen LogP contribution is 2.34. The Balaban J connectivity index is 2.14. The Kier molecular flexibility index (Phi) is 3.28. The summed E-state index contributed by atoms with van der Waals surface area (Å²) >= 11 is 0. The summed E-state index contributed by atoms with van der Waals surface area (Å²) in [5.41, 5.74) is 1.97. The van der Waals surface area contributed by atoms with E-state index in [-0.39, 0.29) is 5.76 Å². The van der Waals surface area contributed by atoms with Crippen molar-refractivity contribution in [1.29, 1.82) is 5.26 Å². The van der Waals surface area contributed by atoms with Gasteiger partial charge in [-0.1, -0.05) is 19.0 Å². The van der Waals surface area contributed by atoms with Crippen LogP contribution in [-0.4, -0.2) is 26.7 Å². The third kappa shape index (κ3) is 2.31. The molecule has 0 saturated carbocycles. The van der Waals surface area contributed by atoms with E-state index in [0.717, 1.165) is 10.9 Å². The van der Waals surface area contributed by atoms with Crippen LogP contribution < -0.4 is 4.74 Å². The van der Waals surface area contributed by atoms with E-state index in [1.165, 1.54) is 12.5 Å². The topological polar surface area (TPSA) is 101 Å². The van der Waals surface area contributed by atoms with Gasteiger partial charge in [-0.15, -0.1) is 0 Å². The number of hydrogen-bond donors (Lipinski definition) is 1. The van der Waals surface area contributed by atoms with Gasteiger partial charge in [-0.3, -0.25) is 0 Å². The monoisotopic (exact) mass is 283 g/mol. The van der Waals surface area contributed by atoms with E-state index in [2.05, 4.69) is 34.0 Å². The van der Waals surface area contributed by atoms with Gasteiger partial charge in [-0.05, 0) is 5.92 Å². The van der Waals surface area contributed by atoms with Crippen LogP contribution in [0.3, 0.4) is 0 Å². The molecule has 0 atom stereocenters. The van der Waals surface area contributed by atoms with Crippen LogP contribution in [0.4, 0.5) is 0 Å². The summed E-state index contributed by atoms with van der Waals surface area (Å²) < 4.78 is 10.7. The fraction of sp³-hybridized carbons (Fsp3) is 0.286. The minimum absolute atomic E-state index is 0.148. The molecule has 106 valence electrons. The van der Waals surface area contributed by atoms with E-state index in [0.29, 0.717) is 29.6 Å². The average Bonchev–Trinajstić information content (AvgIpc) is 3.10. The van der Waals surface area contributed by atoms with Gasteiger partial charge >= 0.3 is 0 Å². The van der Waals surface area contributed by atoms with Crippen molar-refractivity contribution in [1.82, 2.24) is 20.1 Å². The Morgan fingerprint density at radius 2 is 2.24 bits per heavy atom. The van der Waals surface area contributed by atoms with Gasteiger partial charge in [0.25, 0.3) is 0 Å². The van der Waals surface area contributed by atoms with Gasteiger partial charge < -0.3 is 14.2 Å². The average molecular weight is 283 g/mol. The zero-order valence-corrected chi connectivity index (χ0v) is 11.6. The molecule has 7 heteroatoms. The molecule has 0 amide bonds. The quantitative estimate of drug-likeness (QED) is 0.789. The first kappa shape index (κ1) is 13.1. The molecule has 0 radical (unpaired) electrons. The fourth-order valence-electron chi connectivity index (χ4n) is 2.01. The maximum atomic E-state index is 9.07. The highest BCUT2D eigenvalue weighted by Gasteiger charge is 2.19. The summed E-state index contributed by atoms with van der Waals surface area (Å²) in [7, 11) is 0. The van der Waals surface area contributed by atoms with Crippen LogP contribution in [0, 0.1) is 17.2 Å². The number of nitriles is 1. The van der Waals surface area contributed by atoms with Gasteiger partial charge in [-0.2, -0.15) is 5.26 Å². The van der Waals surface area contributed by atoms with Crippen molar-refractivity contribution in [3.8, 4) is 23.1 Å². The number of rotatable bonds is 4. The number of H-pyrrole nitrogens is 1. The molecule has 3 heterocycles. The molecule has 0 fully saturated rings. The summed E-state index contributed by atoms with van der Waals surface area (Å²) in [6, 6.07) is 1.97. The van der Waals surface area contributed by atoms with Crippen LogP contribution in [0.1, 0.15) is 19.6 Å². The molecule has 0 aromatic carbocycles. The van der Waals surface area contributed by atoms with Crippen molar-refractivity contribution >= 4 is 11.0 Å². The van der Waals surface area contributed by atoms with Gasteiger partial charge in [0.05, 0.1) is 23.8 Å². The predicted octanol–water partition coefficient (Wildman–Crippen LogP) is 2.52. The third-order valence-electron chi connectivity index (χ3n) is 2.95. The van der Waals surface area contributed by atoms with E-state index in [9.17, 15) is 0 Å². The van der Waals surface area contributed by atoms with Crippen molar-refractivity contribution in [2.45, 2.75) is 13.8 Å². The Morgan fingerprint density at radius 3 is 3.00 bits per heavy atom. The highest BCUT2D eigenvalue weighted by atomic mass is 16.5. The van der Waals surface area contributed by atoms with E-state index in [4.69, 9.17) is 14.5 Å². The molecule has 0 aliphatic heterocycles. The van der Waals surface area contributed by atoms with Crippen LogP contribution in [0.2, 0.25) is 0 Å². The zero-order chi connectivity index (χ0) is 14.8. The lowest BCUT2D eigenvalue weighted by atomic mass is 10.1. The van der Waals surface area contributed by atoms with Crippen LogP contribution in [-0.2, 0) is 0 Å². The minimum Gasteiger partial charge on any atom is -0.477 e. The number of aromatic amines is 1. The molecule has 21 heavy (non-hydrogen) atoms. The van der Waals surface area contributed by atoms with E-state index in [1.807, 2.05) is 6.07 Å². The number of nitrogens with one attached hydrogen (secondary N) is 1. The number of fused-ring (bicyclic) bond motifs is 1. The SMILES string of the molecule is CC(C)COc1ncnc2[nH]cc(-c3cnoc3C#N)c12. The third-order valence-corrected chi connectivity index (χ3v) is 2.95. The Hall–Kier alpha value is -2.88. The Bertz CT molecular complexity index is 812.